The molecule has 222 valence electrons. The van der Waals surface area contributed by atoms with Crippen LogP contribution in [0.5, 0.6) is 0 Å². The van der Waals surface area contributed by atoms with Gasteiger partial charge in [0.25, 0.3) is 0 Å². The third kappa shape index (κ3) is 5.25. The smallest absolute Gasteiger partial charge is 0.207 e. The van der Waals surface area contributed by atoms with Gasteiger partial charge in [-0.2, -0.15) is 4.31 Å². The van der Waals surface area contributed by atoms with Gasteiger partial charge in [0.2, 0.25) is 10.0 Å². The first-order chi connectivity index (χ1) is 19.4. The van der Waals surface area contributed by atoms with Crippen LogP contribution in [0.3, 0.4) is 0 Å². The van der Waals surface area contributed by atoms with Crippen molar-refractivity contribution in [2.75, 3.05) is 6.54 Å². The molecule has 1 saturated carbocycles. The fraction of sp³-hybridized carbons (Fsp3) is 0.556. The van der Waals surface area contributed by atoms with Crippen molar-refractivity contribution in [3.8, 4) is 0 Å². The van der Waals surface area contributed by atoms with Crippen LogP contribution in [0.15, 0.2) is 76.8 Å². The third-order valence-electron chi connectivity index (χ3n) is 11.0. The third-order valence-corrected chi connectivity index (χ3v) is 19.7. The quantitative estimate of drug-likeness (QED) is 0.288. The van der Waals surface area contributed by atoms with E-state index in [9.17, 15) is 8.42 Å². The fourth-order valence-corrected chi connectivity index (χ4v) is 16.5. The molecular weight excluding hydrogens is 539 g/mol. The summed E-state index contributed by atoms with van der Waals surface area (Å²) >= 11 is 0. The molecule has 1 spiro atoms. The standard InChI is InChI=1S/C36H51NO2SSi/c1-26(2)41(27(3)4,28(5)6)25-33-24-37(40(38,39)34-20-18-29(7)19-21-34)35(31-16-12-9-13-17-31)36(33)22-32(23-36)30-14-10-8-11-15-30/h8,10-11,14-15,18-22,25-28,31,35H,9,12-13,16-17,23-24H2,1-7H3/b33-25+/t35-,36-/m1/s1. The Morgan fingerprint density at radius 3 is 1.95 bits per heavy atom. The zero-order chi connectivity index (χ0) is 29.6. The summed E-state index contributed by atoms with van der Waals surface area (Å²) in [5.41, 5.74) is 9.39. The summed E-state index contributed by atoms with van der Waals surface area (Å²) in [6.45, 7) is 17.0. The number of hydrogen-bond donors (Lipinski definition) is 0. The first kappa shape index (κ1) is 30.5. The number of sulfonamides is 1. The van der Waals surface area contributed by atoms with Gasteiger partial charge in [0.05, 0.1) is 13.0 Å². The second kappa shape index (κ2) is 11.6. The highest BCUT2D eigenvalue weighted by Crippen LogP contribution is 2.61. The van der Waals surface area contributed by atoms with Crippen LogP contribution in [-0.2, 0) is 10.0 Å². The lowest BCUT2D eigenvalue weighted by Crippen LogP contribution is -2.50. The van der Waals surface area contributed by atoms with Crippen LogP contribution in [0.25, 0.3) is 5.57 Å². The number of nitrogens with zero attached hydrogens (tertiary/aromatic N) is 1. The Morgan fingerprint density at radius 2 is 1.41 bits per heavy atom. The average Bonchev–Trinajstić information content (AvgIpc) is 3.27. The van der Waals surface area contributed by atoms with E-state index in [2.05, 4.69) is 83.6 Å². The van der Waals surface area contributed by atoms with Crippen molar-refractivity contribution in [1.29, 1.82) is 0 Å². The summed E-state index contributed by atoms with van der Waals surface area (Å²) in [4.78, 5) is 0.437. The van der Waals surface area contributed by atoms with Gasteiger partial charge >= 0.3 is 0 Å². The molecular formula is C36H51NO2SSi. The van der Waals surface area contributed by atoms with E-state index < -0.39 is 18.1 Å². The van der Waals surface area contributed by atoms with Gasteiger partial charge in [-0.15, -0.1) is 0 Å². The summed E-state index contributed by atoms with van der Waals surface area (Å²) in [6.07, 6.45) is 9.35. The Morgan fingerprint density at radius 1 is 0.854 bits per heavy atom. The lowest BCUT2D eigenvalue weighted by molar-refractivity contribution is 0.154. The number of allylic oxidation sites excluding steroid dienone is 1. The minimum absolute atomic E-state index is 0.0222. The fourth-order valence-electron chi connectivity index (χ4n) is 8.86. The summed E-state index contributed by atoms with van der Waals surface area (Å²) in [6, 6.07) is 18.2. The summed E-state index contributed by atoms with van der Waals surface area (Å²) < 4.78 is 31.1. The Bertz CT molecular complexity index is 1360. The van der Waals surface area contributed by atoms with Crippen LogP contribution in [0.4, 0.5) is 0 Å². The van der Waals surface area contributed by atoms with Crippen molar-refractivity contribution in [2.24, 2.45) is 11.3 Å². The molecule has 2 aromatic carbocycles. The van der Waals surface area contributed by atoms with Crippen molar-refractivity contribution < 1.29 is 8.42 Å². The van der Waals surface area contributed by atoms with E-state index in [1.807, 2.05) is 35.5 Å². The van der Waals surface area contributed by atoms with E-state index in [-0.39, 0.29) is 11.5 Å². The molecule has 2 aromatic rings. The molecule has 2 fully saturated rings. The average molecular weight is 590 g/mol. The molecule has 0 N–H and O–H groups in total. The molecule has 1 saturated heterocycles. The van der Waals surface area contributed by atoms with Gasteiger partial charge in [0, 0.05) is 18.0 Å². The van der Waals surface area contributed by atoms with Crippen LogP contribution in [-0.4, -0.2) is 33.4 Å². The molecule has 5 heteroatoms. The lowest BCUT2D eigenvalue weighted by atomic mass is 9.59. The van der Waals surface area contributed by atoms with E-state index in [1.165, 1.54) is 36.0 Å². The molecule has 0 bridgehead atoms. The van der Waals surface area contributed by atoms with Gasteiger partial charge < -0.3 is 0 Å². The largest absolute Gasteiger partial charge is 0.243 e. The lowest BCUT2D eigenvalue weighted by Gasteiger charge is -2.49. The highest BCUT2D eigenvalue weighted by atomic mass is 32.2. The molecule has 3 nitrogen and oxygen atoms in total. The van der Waals surface area contributed by atoms with Gasteiger partial charge in [0.1, 0.15) is 0 Å². The zero-order valence-corrected chi connectivity index (χ0v) is 28.2. The molecule has 41 heavy (non-hydrogen) atoms. The topological polar surface area (TPSA) is 37.4 Å². The van der Waals surface area contributed by atoms with Crippen LogP contribution >= 0.6 is 0 Å². The minimum Gasteiger partial charge on any atom is -0.207 e. The second-order valence-electron chi connectivity index (χ2n) is 14.1. The van der Waals surface area contributed by atoms with E-state index >= 15 is 0 Å². The van der Waals surface area contributed by atoms with Gasteiger partial charge in [-0.05, 0) is 72.0 Å². The van der Waals surface area contributed by atoms with Gasteiger partial charge in [-0.25, -0.2) is 8.42 Å². The summed E-state index contributed by atoms with van der Waals surface area (Å²) in [5.74, 6) is 0.386. The van der Waals surface area contributed by atoms with Crippen molar-refractivity contribution >= 4 is 23.7 Å². The maximum absolute atomic E-state index is 14.6. The van der Waals surface area contributed by atoms with E-state index in [4.69, 9.17) is 0 Å². The Balaban J connectivity index is 1.73. The molecule has 2 atom stereocenters. The molecule has 1 aliphatic heterocycles. The number of aryl methyl sites for hydroxylation is 1. The second-order valence-corrected chi connectivity index (χ2v) is 21.7. The first-order valence-electron chi connectivity index (χ1n) is 16.0. The zero-order valence-electron chi connectivity index (χ0n) is 26.4. The number of benzene rings is 2. The molecule has 3 aliphatic rings. The Labute approximate surface area is 251 Å². The molecule has 2 aliphatic carbocycles. The van der Waals surface area contributed by atoms with Crippen molar-refractivity contribution in [3.63, 3.8) is 0 Å². The predicted octanol–water partition coefficient (Wildman–Crippen LogP) is 9.57. The van der Waals surface area contributed by atoms with Gasteiger partial charge in [-0.3, -0.25) is 0 Å². The van der Waals surface area contributed by atoms with Crippen LogP contribution in [0, 0.1) is 18.3 Å². The van der Waals surface area contributed by atoms with Crippen LogP contribution < -0.4 is 0 Å². The maximum atomic E-state index is 14.6. The Kier molecular flexibility index (Phi) is 8.64. The summed E-state index contributed by atoms with van der Waals surface area (Å²) in [5, 5.41) is 0. The first-order valence-corrected chi connectivity index (χ1v) is 19.8. The molecule has 0 unspecified atom stereocenters. The number of hydrogen-bond acceptors (Lipinski definition) is 2. The highest BCUT2D eigenvalue weighted by Gasteiger charge is 2.60. The molecule has 0 aromatic heterocycles. The van der Waals surface area contributed by atoms with Crippen LogP contribution in [0.2, 0.25) is 16.6 Å². The maximum Gasteiger partial charge on any atom is 0.243 e. The molecule has 1 heterocycles. The highest BCUT2D eigenvalue weighted by molar-refractivity contribution is 7.89. The van der Waals surface area contributed by atoms with E-state index in [0.717, 1.165) is 24.8 Å². The normalized spacial score (nSPS) is 25.5. The number of rotatable bonds is 8. The molecule has 0 amide bonds. The van der Waals surface area contributed by atoms with Crippen molar-refractivity contribution in [2.45, 2.75) is 115 Å². The Hall–Kier alpha value is -1.95. The van der Waals surface area contributed by atoms with E-state index in [1.54, 1.807) is 0 Å². The summed E-state index contributed by atoms with van der Waals surface area (Å²) in [7, 11) is -5.59. The molecule has 5 rings (SSSR count). The minimum atomic E-state index is -3.65. The molecule has 0 radical (unpaired) electrons. The van der Waals surface area contributed by atoms with Gasteiger partial charge in [0.15, 0.2) is 0 Å². The SMILES string of the molecule is Cc1ccc(S(=O)(=O)N2C/C(=C\[Si](C(C)C)(C(C)C)C(C)C)[C@]3(C=C(c4ccccc4)C3)[C@H]2C2CCCCC2)cc1. The van der Waals surface area contributed by atoms with Crippen molar-refractivity contribution in [1.82, 2.24) is 4.31 Å². The van der Waals surface area contributed by atoms with Gasteiger partial charge in [-0.1, -0.05) is 126 Å². The van der Waals surface area contributed by atoms with Crippen LogP contribution in [0.1, 0.15) is 91.2 Å². The van der Waals surface area contributed by atoms with E-state index in [0.29, 0.717) is 34.0 Å². The van der Waals surface area contributed by atoms with Crippen molar-refractivity contribution in [3.05, 3.63) is 83.1 Å². The predicted molar refractivity (Wildman–Crippen MR) is 176 cm³/mol. The monoisotopic (exact) mass is 589 g/mol.